The molecule has 1 aromatic heterocycles. The van der Waals surface area contributed by atoms with Crippen molar-refractivity contribution in [3.05, 3.63) is 30.5 Å². The molecule has 2 aliphatic heterocycles. The lowest BCUT2D eigenvalue weighted by Crippen LogP contribution is -2.45. The van der Waals surface area contributed by atoms with E-state index in [1.54, 1.807) is 4.90 Å². The first-order valence-corrected chi connectivity index (χ1v) is 11.3. The fourth-order valence-electron chi connectivity index (χ4n) is 4.36. The maximum atomic E-state index is 13.2. The minimum atomic E-state index is -0.539. The van der Waals surface area contributed by atoms with Crippen molar-refractivity contribution in [1.82, 2.24) is 19.7 Å². The summed E-state index contributed by atoms with van der Waals surface area (Å²) in [6, 6.07) is 7.39. The van der Waals surface area contributed by atoms with Gasteiger partial charge in [0.15, 0.2) is 5.11 Å². The summed E-state index contributed by atoms with van der Waals surface area (Å²) in [5, 5.41) is 4.61. The number of morpholine rings is 1. The van der Waals surface area contributed by atoms with Crippen LogP contribution in [-0.2, 0) is 14.3 Å². The highest BCUT2D eigenvalue weighted by atomic mass is 32.1. The minimum absolute atomic E-state index is 0.0375. The SMILES string of the molecule is O=C(CC1C(=O)N(C2CC2)C(=S)N1CCN1CCOCC1)Nc1ccc2cc[nH]c2c1. The van der Waals surface area contributed by atoms with Gasteiger partial charge in [0.25, 0.3) is 5.91 Å². The predicted molar refractivity (Wildman–Crippen MR) is 122 cm³/mol. The molecule has 3 aliphatic rings. The highest BCUT2D eigenvalue weighted by Crippen LogP contribution is 2.34. The normalized spacial score (nSPS) is 22.5. The van der Waals surface area contributed by atoms with Crippen LogP contribution in [0.25, 0.3) is 10.9 Å². The number of carbonyl (C=O) groups excluding carboxylic acids is 2. The number of fused-ring (bicyclic) bond motifs is 1. The van der Waals surface area contributed by atoms with Crippen molar-refractivity contribution in [3.8, 4) is 0 Å². The summed E-state index contributed by atoms with van der Waals surface area (Å²) in [6.45, 7) is 4.67. The number of carbonyl (C=O) groups is 2. The number of aromatic amines is 1. The molecule has 1 unspecified atom stereocenters. The molecule has 1 aliphatic carbocycles. The van der Waals surface area contributed by atoms with Crippen LogP contribution in [0.4, 0.5) is 5.69 Å². The zero-order chi connectivity index (χ0) is 21.4. The van der Waals surface area contributed by atoms with Crippen LogP contribution in [-0.4, -0.2) is 88.1 Å². The summed E-state index contributed by atoms with van der Waals surface area (Å²) in [4.78, 5) is 35.2. The van der Waals surface area contributed by atoms with Gasteiger partial charge in [0, 0.05) is 49.6 Å². The smallest absolute Gasteiger partial charge is 0.252 e. The highest BCUT2D eigenvalue weighted by molar-refractivity contribution is 7.80. The second-order valence-electron chi connectivity index (χ2n) is 8.42. The van der Waals surface area contributed by atoms with E-state index in [2.05, 4.69) is 15.2 Å². The number of nitrogens with zero attached hydrogens (tertiary/aromatic N) is 3. The fourth-order valence-corrected chi connectivity index (χ4v) is 4.82. The molecular formula is C22H27N5O3S. The maximum absolute atomic E-state index is 13.2. The Labute approximate surface area is 186 Å². The molecule has 2 amide bonds. The first kappa shape index (κ1) is 20.4. The highest BCUT2D eigenvalue weighted by Gasteiger charge is 2.48. The molecule has 31 heavy (non-hydrogen) atoms. The molecule has 0 bridgehead atoms. The number of amides is 2. The minimum Gasteiger partial charge on any atom is -0.379 e. The van der Waals surface area contributed by atoms with E-state index in [1.165, 1.54) is 0 Å². The maximum Gasteiger partial charge on any atom is 0.252 e. The molecule has 1 aromatic carbocycles. The molecule has 1 atom stereocenters. The van der Waals surface area contributed by atoms with Gasteiger partial charge in [-0.15, -0.1) is 0 Å². The molecule has 0 radical (unpaired) electrons. The fraction of sp³-hybridized carbons (Fsp3) is 0.500. The van der Waals surface area contributed by atoms with Crippen LogP contribution >= 0.6 is 12.2 Å². The van der Waals surface area contributed by atoms with Gasteiger partial charge in [0.05, 0.1) is 19.6 Å². The van der Waals surface area contributed by atoms with E-state index in [4.69, 9.17) is 17.0 Å². The number of rotatable bonds is 7. The summed E-state index contributed by atoms with van der Waals surface area (Å²) >= 11 is 5.68. The zero-order valence-corrected chi connectivity index (χ0v) is 18.2. The Morgan fingerprint density at radius 3 is 2.77 bits per heavy atom. The van der Waals surface area contributed by atoms with E-state index >= 15 is 0 Å². The Bertz CT molecular complexity index is 998. The van der Waals surface area contributed by atoms with Crippen LogP contribution in [0.1, 0.15) is 19.3 Å². The molecule has 9 heteroatoms. The number of hydrogen-bond donors (Lipinski definition) is 2. The molecule has 2 aromatic rings. The lowest BCUT2D eigenvalue weighted by molar-refractivity contribution is -0.131. The monoisotopic (exact) mass is 441 g/mol. The molecule has 0 spiro atoms. The lowest BCUT2D eigenvalue weighted by atomic mass is 10.1. The number of thiocarbonyl (C=S) groups is 1. The number of aromatic nitrogens is 1. The largest absolute Gasteiger partial charge is 0.379 e. The van der Waals surface area contributed by atoms with Crippen molar-refractivity contribution in [2.45, 2.75) is 31.3 Å². The number of hydrogen-bond acceptors (Lipinski definition) is 5. The molecule has 2 saturated heterocycles. The number of H-pyrrole nitrogens is 1. The van der Waals surface area contributed by atoms with E-state index < -0.39 is 6.04 Å². The van der Waals surface area contributed by atoms with Gasteiger partial charge in [-0.3, -0.25) is 19.4 Å². The Kier molecular flexibility index (Phi) is 5.64. The summed E-state index contributed by atoms with van der Waals surface area (Å²) in [5.41, 5.74) is 1.68. The van der Waals surface area contributed by atoms with Crippen LogP contribution in [0.3, 0.4) is 0 Å². The number of anilines is 1. The second kappa shape index (κ2) is 8.57. The summed E-state index contributed by atoms with van der Waals surface area (Å²) < 4.78 is 5.42. The lowest BCUT2D eigenvalue weighted by Gasteiger charge is -2.30. The predicted octanol–water partition coefficient (Wildman–Crippen LogP) is 1.79. The van der Waals surface area contributed by atoms with Crippen LogP contribution in [0.2, 0.25) is 0 Å². The van der Waals surface area contributed by atoms with E-state index in [9.17, 15) is 9.59 Å². The average molecular weight is 442 g/mol. The third kappa shape index (κ3) is 4.30. The Morgan fingerprint density at radius 2 is 2.00 bits per heavy atom. The summed E-state index contributed by atoms with van der Waals surface area (Å²) in [6.07, 6.45) is 3.93. The van der Waals surface area contributed by atoms with Gasteiger partial charge in [-0.2, -0.15) is 0 Å². The van der Waals surface area contributed by atoms with Gasteiger partial charge in [-0.1, -0.05) is 6.07 Å². The topological polar surface area (TPSA) is 80.9 Å². The average Bonchev–Trinajstić information content (AvgIpc) is 3.43. The molecule has 1 saturated carbocycles. The second-order valence-corrected chi connectivity index (χ2v) is 8.78. The third-order valence-corrected chi connectivity index (χ3v) is 6.67. The standard InChI is InChI=1S/C22H27N5O3S/c28-20(24-16-2-1-15-5-6-23-18(15)13-16)14-19-21(29)27(17-3-4-17)22(31)26(19)8-7-25-9-11-30-12-10-25/h1-2,5-6,13,17,19,23H,3-4,7-12,14H2,(H,24,28). The number of benzene rings is 1. The third-order valence-electron chi connectivity index (χ3n) is 6.24. The van der Waals surface area contributed by atoms with Crippen LogP contribution in [0.5, 0.6) is 0 Å². The Morgan fingerprint density at radius 1 is 1.19 bits per heavy atom. The molecule has 3 heterocycles. The van der Waals surface area contributed by atoms with Gasteiger partial charge in [0.1, 0.15) is 6.04 Å². The van der Waals surface area contributed by atoms with E-state index in [0.717, 1.165) is 56.6 Å². The molecule has 3 fully saturated rings. The van der Waals surface area contributed by atoms with Crippen molar-refractivity contribution in [2.24, 2.45) is 0 Å². The van der Waals surface area contributed by atoms with Crippen LogP contribution in [0, 0.1) is 0 Å². The molecular weight excluding hydrogens is 414 g/mol. The zero-order valence-electron chi connectivity index (χ0n) is 17.4. The van der Waals surface area contributed by atoms with Crippen molar-refractivity contribution in [2.75, 3.05) is 44.7 Å². The van der Waals surface area contributed by atoms with Crippen molar-refractivity contribution < 1.29 is 14.3 Å². The first-order valence-electron chi connectivity index (χ1n) is 10.9. The van der Waals surface area contributed by atoms with E-state index in [1.807, 2.05) is 35.4 Å². The molecule has 164 valence electrons. The Hall–Kier alpha value is -2.49. The van der Waals surface area contributed by atoms with E-state index in [-0.39, 0.29) is 24.3 Å². The van der Waals surface area contributed by atoms with E-state index in [0.29, 0.717) is 17.3 Å². The van der Waals surface area contributed by atoms with Gasteiger partial charge in [-0.05, 0) is 48.6 Å². The quantitative estimate of drug-likeness (QED) is 0.638. The van der Waals surface area contributed by atoms with Crippen molar-refractivity contribution >= 4 is 45.7 Å². The first-order chi connectivity index (χ1) is 15.1. The van der Waals surface area contributed by atoms with Gasteiger partial charge in [-0.25, -0.2) is 0 Å². The van der Waals surface area contributed by atoms with Gasteiger partial charge in [0.2, 0.25) is 5.91 Å². The molecule has 5 rings (SSSR count). The molecule has 8 nitrogen and oxygen atoms in total. The van der Waals surface area contributed by atoms with Gasteiger partial charge < -0.3 is 19.9 Å². The Balaban J connectivity index is 1.27. The van der Waals surface area contributed by atoms with Crippen molar-refractivity contribution in [1.29, 1.82) is 0 Å². The van der Waals surface area contributed by atoms with Crippen LogP contribution < -0.4 is 5.32 Å². The summed E-state index contributed by atoms with van der Waals surface area (Å²) in [7, 11) is 0. The molecule has 2 N–H and O–H groups in total. The number of nitrogens with one attached hydrogen (secondary N) is 2. The summed E-state index contributed by atoms with van der Waals surface area (Å²) in [5.74, 6) is -0.217. The van der Waals surface area contributed by atoms with Gasteiger partial charge >= 0.3 is 0 Å². The number of ether oxygens (including phenoxy) is 1. The van der Waals surface area contributed by atoms with Crippen LogP contribution in [0.15, 0.2) is 30.5 Å². The van der Waals surface area contributed by atoms with Crippen molar-refractivity contribution in [3.63, 3.8) is 0 Å².